The summed E-state index contributed by atoms with van der Waals surface area (Å²) >= 11 is 5.67. The largest absolute Gasteiger partial charge is 0.378 e. The molecule has 0 atom stereocenters. The van der Waals surface area contributed by atoms with Gasteiger partial charge in [-0.2, -0.15) is 4.98 Å². The molecule has 1 aromatic carbocycles. The number of H-pyrrole nitrogens is 1. The zero-order chi connectivity index (χ0) is 19.1. The predicted octanol–water partition coefficient (Wildman–Crippen LogP) is 2.60. The second-order valence-corrected chi connectivity index (χ2v) is 7.22. The SMILES string of the molecule is Cc1cc(C)cc(-n2c(C)nc3nc(N4CCOCC4)[nH]c(=O)c3c2=S)c1. The lowest BCUT2D eigenvalue weighted by atomic mass is 10.1. The lowest BCUT2D eigenvalue weighted by molar-refractivity contribution is 0.122. The molecule has 1 aliphatic heterocycles. The number of aromatic nitrogens is 4. The molecule has 1 fully saturated rings. The van der Waals surface area contributed by atoms with Crippen molar-refractivity contribution in [3.63, 3.8) is 0 Å². The fourth-order valence-electron chi connectivity index (χ4n) is 3.49. The number of fused-ring (bicyclic) bond motifs is 1. The molecule has 3 aromatic rings. The first kappa shape index (κ1) is 17.8. The van der Waals surface area contributed by atoms with Gasteiger partial charge >= 0.3 is 0 Å². The molecule has 1 saturated heterocycles. The third-order valence-electron chi connectivity index (χ3n) is 4.67. The summed E-state index contributed by atoms with van der Waals surface area (Å²) in [5.74, 6) is 1.21. The molecule has 0 aliphatic carbocycles. The molecule has 4 rings (SSSR count). The summed E-state index contributed by atoms with van der Waals surface area (Å²) in [5, 5.41) is 0.340. The first-order valence-corrected chi connectivity index (χ1v) is 9.30. The zero-order valence-electron chi connectivity index (χ0n) is 15.6. The fraction of sp³-hybridized carbons (Fsp3) is 0.368. The van der Waals surface area contributed by atoms with Gasteiger partial charge in [0.05, 0.1) is 13.2 Å². The van der Waals surface area contributed by atoms with Gasteiger partial charge in [-0.15, -0.1) is 0 Å². The van der Waals surface area contributed by atoms with Crippen LogP contribution in [-0.2, 0) is 4.74 Å². The Morgan fingerprint density at radius 3 is 2.41 bits per heavy atom. The fourth-order valence-corrected chi connectivity index (χ4v) is 3.92. The molecule has 0 saturated carbocycles. The Labute approximate surface area is 161 Å². The van der Waals surface area contributed by atoms with Gasteiger partial charge in [0.15, 0.2) is 5.65 Å². The van der Waals surface area contributed by atoms with Crippen LogP contribution in [0, 0.1) is 25.4 Å². The summed E-state index contributed by atoms with van der Waals surface area (Å²) in [6.07, 6.45) is 0. The van der Waals surface area contributed by atoms with Crippen LogP contribution in [0.15, 0.2) is 23.0 Å². The monoisotopic (exact) mass is 383 g/mol. The number of anilines is 1. The predicted molar refractivity (Wildman–Crippen MR) is 108 cm³/mol. The van der Waals surface area contributed by atoms with Crippen LogP contribution in [0.2, 0.25) is 0 Å². The van der Waals surface area contributed by atoms with Gasteiger partial charge in [-0.25, -0.2) is 4.98 Å². The molecule has 2 aromatic heterocycles. The van der Waals surface area contributed by atoms with E-state index >= 15 is 0 Å². The van der Waals surface area contributed by atoms with Crippen LogP contribution >= 0.6 is 12.2 Å². The van der Waals surface area contributed by atoms with E-state index in [0.29, 0.717) is 53.8 Å². The number of benzene rings is 1. The zero-order valence-corrected chi connectivity index (χ0v) is 16.4. The Morgan fingerprint density at radius 2 is 1.74 bits per heavy atom. The third kappa shape index (κ3) is 3.26. The lowest BCUT2D eigenvalue weighted by Gasteiger charge is -2.27. The van der Waals surface area contributed by atoms with E-state index in [0.717, 1.165) is 16.8 Å². The lowest BCUT2D eigenvalue weighted by Crippen LogP contribution is -2.38. The Bertz CT molecular complexity index is 1130. The van der Waals surface area contributed by atoms with Crippen LogP contribution in [0.1, 0.15) is 17.0 Å². The average molecular weight is 383 g/mol. The number of ether oxygens (including phenoxy) is 1. The van der Waals surface area contributed by atoms with Gasteiger partial charge in [0, 0.05) is 18.8 Å². The molecule has 0 amide bonds. The number of hydrogen-bond acceptors (Lipinski definition) is 6. The van der Waals surface area contributed by atoms with Crippen LogP contribution < -0.4 is 10.5 Å². The summed E-state index contributed by atoms with van der Waals surface area (Å²) < 4.78 is 7.62. The van der Waals surface area contributed by atoms with Crippen LogP contribution in [-0.4, -0.2) is 45.8 Å². The van der Waals surface area contributed by atoms with Crippen molar-refractivity contribution in [3.05, 3.63) is 50.1 Å². The molecule has 140 valence electrons. The van der Waals surface area contributed by atoms with Gasteiger partial charge in [-0.05, 0) is 44.0 Å². The number of aromatic amines is 1. The smallest absolute Gasteiger partial charge is 0.264 e. The highest BCUT2D eigenvalue weighted by Crippen LogP contribution is 2.20. The summed E-state index contributed by atoms with van der Waals surface area (Å²) in [6.45, 7) is 8.54. The average Bonchev–Trinajstić information content (AvgIpc) is 2.61. The normalized spacial score (nSPS) is 14.7. The van der Waals surface area contributed by atoms with Crippen molar-refractivity contribution in [1.82, 2.24) is 19.5 Å². The Hall–Kier alpha value is -2.58. The number of nitrogens with one attached hydrogen (secondary N) is 1. The van der Waals surface area contributed by atoms with Crippen molar-refractivity contribution in [3.8, 4) is 5.69 Å². The van der Waals surface area contributed by atoms with Gasteiger partial charge < -0.3 is 9.64 Å². The minimum Gasteiger partial charge on any atom is -0.378 e. The maximum Gasteiger partial charge on any atom is 0.264 e. The number of nitrogens with zero attached hydrogens (tertiary/aromatic N) is 4. The van der Waals surface area contributed by atoms with E-state index in [1.807, 2.05) is 42.4 Å². The molecule has 1 N–H and O–H groups in total. The van der Waals surface area contributed by atoms with Gasteiger partial charge in [0.2, 0.25) is 5.95 Å². The van der Waals surface area contributed by atoms with Crippen LogP contribution in [0.3, 0.4) is 0 Å². The summed E-state index contributed by atoms with van der Waals surface area (Å²) in [7, 11) is 0. The van der Waals surface area contributed by atoms with Gasteiger partial charge in [0.25, 0.3) is 5.56 Å². The maximum absolute atomic E-state index is 12.8. The second kappa shape index (κ2) is 6.86. The van der Waals surface area contributed by atoms with Crippen molar-refractivity contribution in [1.29, 1.82) is 0 Å². The number of hydrogen-bond donors (Lipinski definition) is 1. The standard InChI is InChI=1S/C19H21N5O2S/c1-11-8-12(2)10-14(9-11)24-13(3)20-16-15(18(24)27)17(25)22-19(21-16)23-4-6-26-7-5-23/h8-10H,4-7H2,1-3H3,(H,21,22,25). The minimum atomic E-state index is -0.267. The first-order valence-electron chi connectivity index (χ1n) is 8.89. The highest BCUT2D eigenvalue weighted by atomic mass is 32.1. The van der Waals surface area contributed by atoms with E-state index in [1.54, 1.807) is 0 Å². The van der Waals surface area contributed by atoms with E-state index in [4.69, 9.17) is 17.0 Å². The summed E-state index contributed by atoms with van der Waals surface area (Å²) in [6, 6.07) is 6.17. The number of aryl methyl sites for hydroxylation is 3. The van der Waals surface area contributed by atoms with Crippen molar-refractivity contribution >= 4 is 29.2 Å². The van der Waals surface area contributed by atoms with Crippen LogP contribution in [0.4, 0.5) is 5.95 Å². The maximum atomic E-state index is 12.8. The van der Waals surface area contributed by atoms with Crippen molar-refractivity contribution in [2.24, 2.45) is 0 Å². The molecule has 1 aliphatic rings. The molecule has 27 heavy (non-hydrogen) atoms. The topological polar surface area (TPSA) is 76.0 Å². The Balaban J connectivity index is 1.93. The molecule has 3 heterocycles. The number of rotatable bonds is 2. The molecule has 0 radical (unpaired) electrons. The third-order valence-corrected chi connectivity index (χ3v) is 5.06. The van der Waals surface area contributed by atoms with E-state index in [9.17, 15) is 4.79 Å². The molecule has 0 unspecified atom stereocenters. The van der Waals surface area contributed by atoms with Crippen LogP contribution in [0.5, 0.6) is 0 Å². The summed E-state index contributed by atoms with van der Waals surface area (Å²) in [5.41, 5.74) is 3.27. The minimum absolute atomic E-state index is 0.267. The van der Waals surface area contributed by atoms with Crippen LogP contribution in [0.25, 0.3) is 16.7 Å². The number of morpholine rings is 1. The quantitative estimate of drug-likeness (QED) is 0.686. The second-order valence-electron chi connectivity index (χ2n) is 6.83. The van der Waals surface area contributed by atoms with Crippen molar-refractivity contribution < 1.29 is 4.74 Å². The van der Waals surface area contributed by atoms with E-state index in [2.05, 4.69) is 21.0 Å². The molecule has 0 spiro atoms. The van der Waals surface area contributed by atoms with E-state index < -0.39 is 0 Å². The van der Waals surface area contributed by atoms with E-state index in [-0.39, 0.29) is 5.56 Å². The highest BCUT2D eigenvalue weighted by Gasteiger charge is 2.18. The van der Waals surface area contributed by atoms with Crippen molar-refractivity contribution in [2.75, 3.05) is 31.2 Å². The molecule has 8 heteroatoms. The van der Waals surface area contributed by atoms with Gasteiger partial charge in [0.1, 0.15) is 15.9 Å². The molecular formula is C19H21N5O2S. The Kier molecular flexibility index (Phi) is 4.53. The Morgan fingerprint density at radius 1 is 1.07 bits per heavy atom. The molecule has 0 bridgehead atoms. The van der Waals surface area contributed by atoms with Gasteiger partial charge in [-0.1, -0.05) is 18.3 Å². The first-order chi connectivity index (χ1) is 12.9. The highest BCUT2D eigenvalue weighted by molar-refractivity contribution is 7.71. The van der Waals surface area contributed by atoms with E-state index in [1.165, 1.54) is 0 Å². The summed E-state index contributed by atoms with van der Waals surface area (Å²) in [4.78, 5) is 26.8. The van der Waals surface area contributed by atoms with Gasteiger partial charge in [-0.3, -0.25) is 14.3 Å². The van der Waals surface area contributed by atoms with Crippen molar-refractivity contribution in [2.45, 2.75) is 20.8 Å². The molecular weight excluding hydrogens is 362 g/mol. The molecule has 7 nitrogen and oxygen atoms in total.